The summed E-state index contributed by atoms with van der Waals surface area (Å²) in [7, 11) is 1.66. The maximum atomic E-state index is 13.6. The summed E-state index contributed by atoms with van der Waals surface area (Å²) in [5, 5.41) is 7.33. The molecule has 24 heavy (non-hydrogen) atoms. The third kappa shape index (κ3) is 5.26. The van der Waals surface area contributed by atoms with Gasteiger partial charge in [-0.05, 0) is 25.0 Å². The number of aromatic nitrogens is 1. The van der Waals surface area contributed by atoms with E-state index in [1.165, 1.54) is 23.1 Å². The Bertz CT molecular complexity index is 665. The zero-order valence-corrected chi connectivity index (χ0v) is 14.7. The number of halogens is 2. The van der Waals surface area contributed by atoms with Crippen LogP contribution in [0.2, 0.25) is 0 Å². The molecule has 0 aliphatic heterocycles. The predicted octanol–water partition coefficient (Wildman–Crippen LogP) is 2.93. The van der Waals surface area contributed by atoms with Gasteiger partial charge in [-0.1, -0.05) is 13.0 Å². The normalized spacial score (nSPS) is 11.6. The SMILES string of the molecule is CCc1cnc(CCNC(=NC)NCCc2c(F)cccc2F)s1. The minimum Gasteiger partial charge on any atom is -0.356 e. The van der Waals surface area contributed by atoms with E-state index >= 15 is 0 Å². The molecule has 0 saturated heterocycles. The summed E-state index contributed by atoms with van der Waals surface area (Å²) in [4.78, 5) is 9.75. The molecule has 130 valence electrons. The molecule has 1 aromatic carbocycles. The highest BCUT2D eigenvalue weighted by molar-refractivity contribution is 7.11. The lowest BCUT2D eigenvalue weighted by molar-refractivity contribution is 0.553. The zero-order chi connectivity index (χ0) is 17.4. The zero-order valence-electron chi connectivity index (χ0n) is 13.9. The lowest BCUT2D eigenvalue weighted by Crippen LogP contribution is -2.39. The Balaban J connectivity index is 1.74. The average molecular weight is 352 g/mol. The van der Waals surface area contributed by atoms with Gasteiger partial charge < -0.3 is 10.6 Å². The molecule has 0 fully saturated rings. The van der Waals surface area contributed by atoms with Gasteiger partial charge in [-0.2, -0.15) is 0 Å². The van der Waals surface area contributed by atoms with Crippen molar-refractivity contribution in [3.63, 3.8) is 0 Å². The number of guanidine groups is 1. The number of aryl methyl sites for hydroxylation is 1. The van der Waals surface area contributed by atoms with Gasteiger partial charge in [0, 0.05) is 43.2 Å². The van der Waals surface area contributed by atoms with Gasteiger partial charge >= 0.3 is 0 Å². The van der Waals surface area contributed by atoms with Crippen LogP contribution in [0.3, 0.4) is 0 Å². The van der Waals surface area contributed by atoms with Crippen LogP contribution in [0, 0.1) is 11.6 Å². The van der Waals surface area contributed by atoms with Gasteiger partial charge in [-0.15, -0.1) is 11.3 Å². The fourth-order valence-corrected chi connectivity index (χ4v) is 3.07. The second kappa shape index (κ2) is 9.32. The first-order valence-electron chi connectivity index (χ1n) is 7.95. The second-order valence-electron chi connectivity index (χ2n) is 5.20. The van der Waals surface area contributed by atoms with Crippen molar-refractivity contribution in [3.05, 3.63) is 51.5 Å². The van der Waals surface area contributed by atoms with E-state index < -0.39 is 11.6 Å². The van der Waals surface area contributed by atoms with Gasteiger partial charge in [0.15, 0.2) is 5.96 Å². The first-order chi connectivity index (χ1) is 11.6. The van der Waals surface area contributed by atoms with Gasteiger partial charge in [0.2, 0.25) is 0 Å². The van der Waals surface area contributed by atoms with E-state index in [1.807, 2.05) is 6.20 Å². The molecule has 0 radical (unpaired) electrons. The van der Waals surface area contributed by atoms with Crippen molar-refractivity contribution >= 4 is 17.3 Å². The molecule has 2 N–H and O–H groups in total. The molecule has 0 aliphatic rings. The molecule has 0 unspecified atom stereocenters. The molecule has 0 bridgehead atoms. The van der Waals surface area contributed by atoms with Crippen LogP contribution in [0.4, 0.5) is 8.78 Å². The van der Waals surface area contributed by atoms with E-state index in [9.17, 15) is 8.78 Å². The van der Waals surface area contributed by atoms with Crippen molar-refractivity contribution in [2.24, 2.45) is 4.99 Å². The standard InChI is InChI=1S/C17H22F2N4S/c1-3-12-11-23-16(24-12)8-10-22-17(20-2)21-9-7-13-14(18)5-4-6-15(13)19/h4-6,11H,3,7-10H2,1-2H3,(H2,20,21,22). The van der Waals surface area contributed by atoms with Crippen molar-refractivity contribution in [1.82, 2.24) is 15.6 Å². The highest BCUT2D eigenvalue weighted by atomic mass is 32.1. The monoisotopic (exact) mass is 352 g/mol. The summed E-state index contributed by atoms with van der Waals surface area (Å²) < 4.78 is 27.1. The van der Waals surface area contributed by atoms with E-state index in [0.29, 0.717) is 19.0 Å². The Morgan fingerprint density at radius 3 is 2.42 bits per heavy atom. The predicted molar refractivity (Wildman–Crippen MR) is 94.6 cm³/mol. The molecular formula is C17H22F2N4S. The van der Waals surface area contributed by atoms with E-state index in [1.54, 1.807) is 18.4 Å². The summed E-state index contributed by atoms with van der Waals surface area (Å²) in [6.45, 7) is 3.21. The van der Waals surface area contributed by atoms with Crippen molar-refractivity contribution in [2.45, 2.75) is 26.2 Å². The summed E-state index contributed by atoms with van der Waals surface area (Å²) >= 11 is 1.72. The molecule has 0 spiro atoms. The molecule has 1 aromatic heterocycles. The maximum Gasteiger partial charge on any atom is 0.191 e. The van der Waals surface area contributed by atoms with E-state index in [4.69, 9.17) is 0 Å². The molecular weight excluding hydrogens is 330 g/mol. The number of thiazole rings is 1. The highest BCUT2D eigenvalue weighted by Gasteiger charge is 2.08. The first kappa shape index (κ1) is 18.3. The second-order valence-corrected chi connectivity index (χ2v) is 6.40. The van der Waals surface area contributed by atoms with Crippen LogP contribution in [0.1, 0.15) is 22.4 Å². The van der Waals surface area contributed by atoms with Crippen molar-refractivity contribution < 1.29 is 8.78 Å². The fraction of sp³-hybridized carbons (Fsp3) is 0.412. The molecule has 0 amide bonds. The van der Waals surface area contributed by atoms with E-state index in [-0.39, 0.29) is 12.0 Å². The molecule has 2 rings (SSSR count). The number of aliphatic imine (C=N–C) groups is 1. The lowest BCUT2D eigenvalue weighted by Gasteiger charge is -2.12. The van der Waals surface area contributed by atoms with Crippen LogP contribution >= 0.6 is 11.3 Å². The first-order valence-corrected chi connectivity index (χ1v) is 8.76. The van der Waals surface area contributed by atoms with Crippen molar-refractivity contribution in [2.75, 3.05) is 20.1 Å². The third-order valence-electron chi connectivity index (χ3n) is 3.53. The van der Waals surface area contributed by atoms with Gasteiger partial charge in [0.05, 0.1) is 5.01 Å². The Morgan fingerprint density at radius 1 is 1.17 bits per heavy atom. The Kier molecular flexibility index (Phi) is 7.11. The summed E-state index contributed by atoms with van der Waals surface area (Å²) in [6, 6.07) is 3.90. The van der Waals surface area contributed by atoms with Crippen LogP contribution < -0.4 is 10.6 Å². The Morgan fingerprint density at radius 2 is 1.83 bits per heavy atom. The van der Waals surface area contributed by atoms with Gasteiger partial charge in [0.1, 0.15) is 11.6 Å². The molecule has 0 saturated carbocycles. The minimum atomic E-state index is -0.518. The summed E-state index contributed by atoms with van der Waals surface area (Å²) in [6.07, 6.45) is 3.98. The molecule has 0 atom stereocenters. The molecule has 1 heterocycles. The quantitative estimate of drug-likeness (QED) is 0.595. The largest absolute Gasteiger partial charge is 0.356 e. The van der Waals surface area contributed by atoms with Crippen molar-refractivity contribution in [1.29, 1.82) is 0 Å². The number of benzene rings is 1. The third-order valence-corrected chi connectivity index (χ3v) is 4.74. The Labute approximate surface area is 145 Å². The van der Waals surface area contributed by atoms with Crippen LogP contribution in [-0.4, -0.2) is 31.1 Å². The molecule has 7 heteroatoms. The molecule has 2 aromatic rings. The van der Waals surface area contributed by atoms with Crippen LogP contribution in [-0.2, 0) is 19.3 Å². The van der Waals surface area contributed by atoms with E-state index in [2.05, 4.69) is 27.5 Å². The number of hydrogen-bond acceptors (Lipinski definition) is 3. The van der Waals surface area contributed by atoms with E-state index in [0.717, 1.165) is 17.8 Å². The van der Waals surface area contributed by atoms with Crippen LogP contribution in [0.5, 0.6) is 0 Å². The smallest absolute Gasteiger partial charge is 0.191 e. The van der Waals surface area contributed by atoms with Crippen LogP contribution in [0.25, 0.3) is 0 Å². The summed E-state index contributed by atoms with van der Waals surface area (Å²) in [5.74, 6) is -0.426. The molecule has 4 nitrogen and oxygen atoms in total. The van der Waals surface area contributed by atoms with Gasteiger partial charge in [-0.3, -0.25) is 4.99 Å². The van der Waals surface area contributed by atoms with Crippen LogP contribution in [0.15, 0.2) is 29.4 Å². The molecule has 0 aliphatic carbocycles. The summed E-state index contributed by atoms with van der Waals surface area (Å²) in [5.41, 5.74) is 0.0929. The van der Waals surface area contributed by atoms with Gasteiger partial charge in [-0.25, -0.2) is 13.8 Å². The fourth-order valence-electron chi connectivity index (χ4n) is 2.21. The minimum absolute atomic E-state index is 0.0929. The van der Waals surface area contributed by atoms with Crippen molar-refractivity contribution in [3.8, 4) is 0 Å². The lowest BCUT2D eigenvalue weighted by atomic mass is 10.1. The number of rotatable bonds is 7. The average Bonchev–Trinajstić information content (AvgIpc) is 3.04. The number of nitrogens with zero attached hydrogens (tertiary/aromatic N) is 2. The topological polar surface area (TPSA) is 49.3 Å². The van der Waals surface area contributed by atoms with Gasteiger partial charge in [0.25, 0.3) is 0 Å². The highest BCUT2D eigenvalue weighted by Crippen LogP contribution is 2.13. The maximum absolute atomic E-state index is 13.6. The number of nitrogens with one attached hydrogen (secondary N) is 2. The number of hydrogen-bond donors (Lipinski definition) is 2. The Hall–Kier alpha value is -2.02.